The fourth-order valence-electron chi connectivity index (χ4n) is 0. The molecule has 0 aromatic heterocycles. The zero-order chi connectivity index (χ0) is 6.12. The molecule has 0 saturated heterocycles. The second-order valence-corrected chi connectivity index (χ2v) is 1.28. The van der Waals surface area contributed by atoms with Crippen LogP contribution in [-0.2, 0) is 294 Å². The molecule has 0 nitrogen and oxygen atoms in total. The van der Waals surface area contributed by atoms with E-state index in [1.807, 2.05) is 20.3 Å². The van der Waals surface area contributed by atoms with Gasteiger partial charge in [0.2, 0.25) is 0 Å². The third-order valence-electron chi connectivity index (χ3n) is 0.250. The normalized spacial score (nSPS) is 3.00. The second-order valence-electron chi connectivity index (χ2n) is 1.28. The smallest absolute Gasteiger partial charge is 0.346 e. The molecule has 0 aliphatic rings. The molecule has 0 rings (SSSR count). The first-order valence-corrected chi connectivity index (χ1v) is 2.65. The van der Waals surface area contributed by atoms with Gasteiger partial charge in [0.1, 0.15) is 0 Å². The van der Waals surface area contributed by atoms with Gasteiger partial charge < -0.3 is 20.3 Å². The Hall–Kier alpha value is 9.94. The molecule has 0 bridgehead atoms. The SMILES string of the molecule is C[CH-]C.[CH2-]CC[CH2-].[Y+3].[Y].[Y].[Y].[Y].[Y].[Y].[Y].[Y]. The second kappa shape index (κ2) is 85.4. The molecule has 0 saturated carbocycles. The fraction of sp³-hybridized carbons (Fsp3) is 0.571. The summed E-state index contributed by atoms with van der Waals surface area (Å²) in [5.74, 6) is 0. The summed E-state index contributed by atoms with van der Waals surface area (Å²) in [5.41, 5.74) is 0. The molecule has 0 spiro atoms. The van der Waals surface area contributed by atoms with Crippen LogP contribution in [-0.4, -0.2) is 0 Å². The van der Waals surface area contributed by atoms with Crippen LogP contribution in [0.3, 0.4) is 0 Å². The summed E-state index contributed by atoms with van der Waals surface area (Å²) in [6.07, 6.45) is 3.92. The maximum Gasteiger partial charge on any atom is 3.00 e. The average molecular weight is 899 g/mol. The zero-order valence-electron chi connectivity index (χ0n) is 10.6. The van der Waals surface area contributed by atoms with Crippen LogP contribution in [0.2, 0.25) is 0 Å². The molecule has 0 N–H and O–H groups in total. The standard InChI is InChI=1S/C4H8.C3H7.9Y/c1-3-4-2;1-3-2;;;;;;;;;/h1-4H2;3H,1-2H3;;;;;;;;;/q-2;-1;;;;;;;;;+3. The number of hydrogen-bond acceptors (Lipinski definition) is 0. The molecule has 0 amide bonds. The van der Waals surface area contributed by atoms with Crippen LogP contribution >= 0.6 is 0 Å². The first kappa shape index (κ1) is 72.3. The van der Waals surface area contributed by atoms with Crippen molar-refractivity contribution in [2.45, 2.75) is 26.7 Å². The van der Waals surface area contributed by atoms with Crippen LogP contribution in [0.5, 0.6) is 0 Å². The van der Waals surface area contributed by atoms with Gasteiger partial charge in [0.15, 0.2) is 0 Å². The quantitative estimate of drug-likeness (QED) is 0.356. The van der Waals surface area contributed by atoms with E-state index in [1.165, 1.54) is 0 Å². The van der Waals surface area contributed by atoms with Crippen molar-refractivity contribution in [2.24, 2.45) is 0 Å². The first-order valence-electron chi connectivity index (χ1n) is 2.65. The van der Waals surface area contributed by atoms with Gasteiger partial charge in [-0.25, -0.2) is 12.8 Å². The van der Waals surface area contributed by atoms with Crippen molar-refractivity contribution in [3.8, 4) is 0 Å². The monoisotopic (exact) mass is 899 g/mol. The number of hydrogen-bond donors (Lipinski definition) is 0. The maximum atomic E-state index is 3.54. The molecular weight excluding hydrogens is 884 g/mol. The van der Waals surface area contributed by atoms with Gasteiger partial charge in [0.05, 0.1) is 0 Å². The Labute approximate surface area is 330 Å². The van der Waals surface area contributed by atoms with E-state index < -0.39 is 0 Å². The Balaban J connectivity index is -0.00000000224. The largest absolute Gasteiger partial charge is 3.00 e. The summed E-state index contributed by atoms with van der Waals surface area (Å²) in [6, 6.07) is 0. The Bertz CT molecular complexity index is 23.3. The van der Waals surface area contributed by atoms with E-state index in [4.69, 9.17) is 0 Å². The summed E-state index contributed by atoms with van der Waals surface area (Å²) in [5, 5.41) is 0. The third-order valence-corrected chi connectivity index (χ3v) is 0.250. The molecule has 70 valence electrons. The Morgan fingerprint density at radius 3 is 0.688 bits per heavy atom. The Morgan fingerprint density at radius 1 is 0.625 bits per heavy atom. The average Bonchev–Trinajstić information content (AvgIpc) is 1.69. The van der Waals surface area contributed by atoms with E-state index in [2.05, 4.69) is 13.8 Å². The van der Waals surface area contributed by atoms with Crippen molar-refractivity contribution in [2.75, 3.05) is 0 Å². The van der Waals surface area contributed by atoms with Gasteiger partial charge in [-0.3, -0.25) is 0 Å². The molecular formula is C7H15Y9. The Kier molecular flexibility index (Phi) is 386. The summed E-state index contributed by atoms with van der Waals surface area (Å²) in [6.45, 7) is 11.1. The van der Waals surface area contributed by atoms with E-state index >= 15 is 0 Å². The van der Waals surface area contributed by atoms with Crippen molar-refractivity contribution >= 4 is 0 Å². The first-order chi connectivity index (χ1) is 3.33. The molecule has 0 fully saturated rings. The minimum atomic E-state index is 0. The minimum absolute atomic E-state index is 0. The molecule has 0 aliphatic carbocycles. The predicted octanol–water partition coefficient (Wildman–Crippen LogP) is 2.64. The topological polar surface area (TPSA) is 0 Å². The minimum Gasteiger partial charge on any atom is -0.346 e. The summed E-state index contributed by atoms with van der Waals surface area (Å²) in [4.78, 5) is 0. The predicted molar refractivity (Wildman–Crippen MR) is 35.6 cm³/mol. The van der Waals surface area contributed by atoms with E-state index in [9.17, 15) is 0 Å². The van der Waals surface area contributed by atoms with Gasteiger partial charge in [0.25, 0.3) is 0 Å². The van der Waals surface area contributed by atoms with Crippen LogP contribution in [0.4, 0.5) is 0 Å². The van der Waals surface area contributed by atoms with Gasteiger partial charge >= 0.3 is 32.7 Å². The van der Waals surface area contributed by atoms with Crippen LogP contribution in [0.25, 0.3) is 0 Å². The van der Waals surface area contributed by atoms with Crippen LogP contribution in [0, 0.1) is 20.3 Å². The van der Waals surface area contributed by atoms with E-state index in [1.54, 1.807) is 0 Å². The zero-order valence-corrected chi connectivity index (χ0v) is 36.1. The fourth-order valence-corrected chi connectivity index (χ4v) is 0. The summed E-state index contributed by atoms with van der Waals surface area (Å²) >= 11 is 0. The summed E-state index contributed by atoms with van der Waals surface area (Å²) < 4.78 is 0. The molecule has 0 unspecified atom stereocenters. The molecule has 0 atom stereocenters. The molecule has 9 heteroatoms. The molecule has 0 aromatic carbocycles. The van der Waals surface area contributed by atoms with Crippen LogP contribution in [0.15, 0.2) is 0 Å². The van der Waals surface area contributed by atoms with Gasteiger partial charge in [-0.2, -0.15) is 13.8 Å². The molecule has 8 radical (unpaired) electrons. The van der Waals surface area contributed by atoms with Crippen molar-refractivity contribution in [3.05, 3.63) is 20.3 Å². The van der Waals surface area contributed by atoms with Crippen molar-refractivity contribution in [1.82, 2.24) is 0 Å². The third kappa shape index (κ3) is 105. The van der Waals surface area contributed by atoms with Gasteiger partial charge in [0, 0.05) is 262 Å². The van der Waals surface area contributed by atoms with Crippen LogP contribution in [0.1, 0.15) is 26.7 Å². The molecule has 16 heavy (non-hydrogen) atoms. The van der Waals surface area contributed by atoms with E-state index in [0.717, 1.165) is 12.8 Å². The van der Waals surface area contributed by atoms with Gasteiger partial charge in [-0.15, -0.1) is 0 Å². The Morgan fingerprint density at radius 2 is 0.688 bits per heavy atom. The molecule has 0 heterocycles. The maximum absolute atomic E-state index is 3.54. The van der Waals surface area contributed by atoms with Gasteiger partial charge in [-0.1, -0.05) is 0 Å². The van der Waals surface area contributed by atoms with Gasteiger partial charge in [-0.05, 0) is 0 Å². The van der Waals surface area contributed by atoms with Crippen LogP contribution < -0.4 is 0 Å². The molecule has 0 aliphatic heterocycles. The van der Waals surface area contributed by atoms with E-state index in [0.29, 0.717) is 0 Å². The number of unbranched alkanes of at least 4 members (excludes halogenated alkanes) is 1. The van der Waals surface area contributed by atoms with E-state index in [-0.39, 0.29) is 294 Å². The van der Waals surface area contributed by atoms with Crippen molar-refractivity contribution in [3.63, 3.8) is 0 Å². The summed E-state index contributed by atoms with van der Waals surface area (Å²) in [7, 11) is 0. The molecule has 0 aromatic rings. The number of rotatable bonds is 1. The van der Waals surface area contributed by atoms with Crippen molar-refractivity contribution in [1.29, 1.82) is 0 Å². The van der Waals surface area contributed by atoms with Crippen molar-refractivity contribution < 1.29 is 294 Å².